The first-order valence-electron chi connectivity index (χ1n) is 10.3. The Kier molecular flexibility index (Phi) is 6.20. The highest BCUT2D eigenvalue weighted by Gasteiger charge is 2.38. The van der Waals surface area contributed by atoms with Crippen molar-refractivity contribution >= 4 is 22.8 Å². The lowest BCUT2D eigenvalue weighted by Crippen LogP contribution is -2.38. The van der Waals surface area contributed by atoms with Gasteiger partial charge in [0, 0.05) is 30.3 Å². The van der Waals surface area contributed by atoms with E-state index < -0.39 is 10.6 Å². The molecule has 1 aliphatic rings. The zero-order valence-electron chi connectivity index (χ0n) is 17.6. The van der Waals surface area contributed by atoms with E-state index in [1.807, 2.05) is 37.3 Å². The number of hydrogen-bond donors (Lipinski definition) is 2. The fourth-order valence-electron chi connectivity index (χ4n) is 3.87. The molecule has 0 spiro atoms. The lowest BCUT2D eigenvalue weighted by Gasteiger charge is -2.25. The van der Waals surface area contributed by atoms with E-state index in [4.69, 9.17) is 9.84 Å². The van der Waals surface area contributed by atoms with Gasteiger partial charge in [-0.2, -0.15) is 0 Å². The third-order valence-corrected chi connectivity index (χ3v) is 5.22. The van der Waals surface area contributed by atoms with Crippen molar-refractivity contribution in [2.45, 2.75) is 19.0 Å². The van der Waals surface area contributed by atoms with Gasteiger partial charge in [0.2, 0.25) is 0 Å². The fraction of sp³-hybridized carbons (Fsp3) is 0.261. The normalized spacial score (nSPS) is 17.5. The highest BCUT2D eigenvalue weighted by molar-refractivity contribution is 5.86. The van der Waals surface area contributed by atoms with Gasteiger partial charge in [0.25, 0.3) is 5.69 Å². The number of ether oxygens (including phenoxy) is 1. The molecule has 9 heteroatoms. The minimum Gasteiger partial charge on any atom is -0.491 e. The number of fused-ring (bicyclic) bond motifs is 1. The third-order valence-electron chi connectivity index (χ3n) is 5.22. The molecule has 0 saturated heterocycles. The van der Waals surface area contributed by atoms with Crippen LogP contribution < -0.4 is 10.1 Å². The van der Waals surface area contributed by atoms with Crippen LogP contribution in [0.4, 0.5) is 5.69 Å². The van der Waals surface area contributed by atoms with Crippen molar-refractivity contribution in [3.63, 3.8) is 0 Å². The number of aliphatic hydroxyl groups excluding tert-OH is 1. The number of aliphatic imine (C=N–C) groups is 1. The SMILES string of the molecule is CCNC1(c2cc3ncncc3cc2[N+](=O)[O-])C=C(Cc2ccccc2OCCO)C=N1. The van der Waals surface area contributed by atoms with Gasteiger partial charge >= 0.3 is 0 Å². The number of benzene rings is 2. The summed E-state index contributed by atoms with van der Waals surface area (Å²) in [7, 11) is 0. The summed E-state index contributed by atoms with van der Waals surface area (Å²) in [6.45, 7) is 2.61. The summed E-state index contributed by atoms with van der Waals surface area (Å²) in [4.78, 5) is 24.4. The van der Waals surface area contributed by atoms with Crippen LogP contribution in [-0.4, -0.2) is 46.0 Å². The van der Waals surface area contributed by atoms with Crippen LogP contribution in [0, 0.1) is 10.1 Å². The molecule has 9 nitrogen and oxygen atoms in total. The predicted molar refractivity (Wildman–Crippen MR) is 121 cm³/mol. The number of nitrogens with one attached hydrogen (secondary N) is 1. The number of allylic oxidation sites excluding steroid dienone is 1. The Morgan fingerprint density at radius 2 is 2.12 bits per heavy atom. The number of rotatable bonds is 9. The van der Waals surface area contributed by atoms with Gasteiger partial charge in [0.05, 0.1) is 22.6 Å². The molecular formula is C23H23N5O4. The molecular weight excluding hydrogens is 410 g/mol. The molecule has 0 amide bonds. The number of aliphatic hydroxyl groups is 1. The molecule has 1 aliphatic heterocycles. The average Bonchev–Trinajstić information content (AvgIpc) is 3.21. The van der Waals surface area contributed by atoms with Crippen molar-refractivity contribution in [1.29, 1.82) is 0 Å². The van der Waals surface area contributed by atoms with E-state index in [1.165, 1.54) is 12.4 Å². The average molecular weight is 433 g/mol. The molecule has 2 N–H and O–H groups in total. The van der Waals surface area contributed by atoms with E-state index in [0.717, 1.165) is 11.1 Å². The van der Waals surface area contributed by atoms with Gasteiger partial charge in [-0.3, -0.25) is 20.4 Å². The van der Waals surface area contributed by atoms with Gasteiger partial charge in [-0.1, -0.05) is 25.1 Å². The molecule has 2 aromatic carbocycles. The molecule has 3 aromatic rings. The minimum atomic E-state index is -1.08. The monoisotopic (exact) mass is 433 g/mol. The Morgan fingerprint density at radius 1 is 1.28 bits per heavy atom. The molecule has 0 radical (unpaired) electrons. The zero-order chi connectivity index (χ0) is 22.6. The highest BCUT2D eigenvalue weighted by atomic mass is 16.6. The Morgan fingerprint density at radius 3 is 2.91 bits per heavy atom. The number of para-hydroxylation sites is 1. The van der Waals surface area contributed by atoms with Crippen molar-refractivity contribution < 1.29 is 14.8 Å². The lowest BCUT2D eigenvalue weighted by atomic mass is 9.94. The summed E-state index contributed by atoms with van der Waals surface area (Å²) in [5.41, 5.74) is 1.74. The largest absolute Gasteiger partial charge is 0.491 e. The molecule has 1 aromatic heterocycles. The van der Waals surface area contributed by atoms with Gasteiger partial charge in [-0.15, -0.1) is 0 Å². The summed E-state index contributed by atoms with van der Waals surface area (Å²) < 4.78 is 5.64. The zero-order valence-corrected chi connectivity index (χ0v) is 17.6. The van der Waals surface area contributed by atoms with E-state index in [9.17, 15) is 10.1 Å². The predicted octanol–water partition coefficient (Wildman–Crippen LogP) is 2.92. The van der Waals surface area contributed by atoms with Crippen molar-refractivity contribution in [2.24, 2.45) is 4.99 Å². The quantitative estimate of drug-likeness (QED) is 0.393. The van der Waals surface area contributed by atoms with Gasteiger partial charge in [0.15, 0.2) is 5.66 Å². The second kappa shape index (κ2) is 9.21. The Balaban J connectivity index is 1.76. The minimum absolute atomic E-state index is 0.0467. The van der Waals surface area contributed by atoms with Crippen molar-refractivity contribution in [2.75, 3.05) is 19.8 Å². The highest BCUT2D eigenvalue weighted by Crippen LogP contribution is 2.38. The van der Waals surface area contributed by atoms with Crippen LogP contribution >= 0.6 is 0 Å². The molecule has 1 unspecified atom stereocenters. The molecule has 0 bridgehead atoms. The van der Waals surface area contributed by atoms with Crippen molar-refractivity contribution in [1.82, 2.24) is 15.3 Å². The van der Waals surface area contributed by atoms with Crippen LogP contribution in [0.25, 0.3) is 10.9 Å². The summed E-state index contributed by atoms with van der Waals surface area (Å²) in [6.07, 6.45) is 7.15. The maximum absolute atomic E-state index is 11.9. The van der Waals surface area contributed by atoms with Crippen LogP contribution in [0.15, 0.2) is 65.6 Å². The molecule has 164 valence electrons. The lowest BCUT2D eigenvalue weighted by molar-refractivity contribution is -0.385. The third kappa shape index (κ3) is 4.20. The van der Waals surface area contributed by atoms with Gasteiger partial charge in [0.1, 0.15) is 18.7 Å². The summed E-state index contributed by atoms with van der Waals surface area (Å²) in [5, 5.41) is 24.9. The van der Waals surface area contributed by atoms with Gasteiger partial charge < -0.3 is 9.84 Å². The maximum atomic E-state index is 11.9. The first-order valence-corrected chi connectivity index (χ1v) is 10.3. The van der Waals surface area contributed by atoms with Crippen molar-refractivity contribution in [3.8, 4) is 5.75 Å². The number of aromatic nitrogens is 2. The van der Waals surface area contributed by atoms with E-state index in [1.54, 1.807) is 18.5 Å². The van der Waals surface area contributed by atoms with Gasteiger partial charge in [-0.25, -0.2) is 9.97 Å². The molecule has 32 heavy (non-hydrogen) atoms. The number of nitro groups is 1. The van der Waals surface area contributed by atoms with E-state index in [-0.39, 0.29) is 18.9 Å². The first-order chi connectivity index (χ1) is 15.6. The Bertz CT molecular complexity index is 1210. The molecule has 1 atom stereocenters. The number of nitrogens with zero attached hydrogens (tertiary/aromatic N) is 4. The van der Waals surface area contributed by atoms with E-state index >= 15 is 0 Å². The molecule has 0 saturated carbocycles. The van der Waals surface area contributed by atoms with Gasteiger partial charge in [-0.05, 0) is 35.9 Å². The molecule has 0 fully saturated rings. The topological polar surface area (TPSA) is 123 Å². The maximum Gasteiger partial charge on any atom is 0.277 e. The fourth-order valence-corrected chi connectivity index (χ4v) is 3.87. The van der Waals surface area contributed by atoms with E-state index in [0.29, 0.717) is 35.2 Å². The molecule has 2 heterocycles. The molecule has 4 rings (SSSR count). The van der Waals surface area contributed by atoms with Crippen LogP contribution in [0.5, 0.6) is 5.75 Å². The van der Waals surface area contributed by atoms with Crippen LogP contribution in [0.3, 0.4) is 0 Å². The van der Waals surface area contributed by atoms with Crippen LogP contribution in [-0.2, 0) is 12.1 Å². The Hall–Kier alpha value is -3.69. The number of hydrogen-bond acceptors (Lipinski definition) is 8. The second-order valence-electron chi connectivity index (χ2n) is 7.34. The Labute approximate surface area is 184 Å². The summed E-state index contributed by atoms with van der Waals surface area (Å²) in [6, 6.07) is 10.8. The molecule has 0 aliphatic carbocycles. The van der Waals surface area contributed by atoms with Crippen molar-refractivity contribution in [3.05, 3.63) is 81.8 Å². The number of likely N-dealkylation sites (N-methyl/N-ethyl adjacent to an activating group) is 1. The second-order valence-corrected chi connectivity index (χ2v) is 7.34. The summed E-state index contributed by atoms with van der Waals surface area (Å²) in [5.74, 6) is 0.685. The first kappa shape index (κ1) is 21.5. The summed E-state index contributed by atoms with van der Waals surface area (Å²) >= 11 is 0. The van der Waals surface area contributed by atoms with E-state index in [2.05, 4.69) is 20.3 Å². The van der Waals surface area contributed by atoms with Crippen LogP contribution in [0.2, 0.25) is 0 Å². The number of nitro benzene ring substituents is 1. The standard InChI is InChI=1S/C23H23N5O4/c1-2-26-23(19-11-20-18(14-24-15-25-20)10-21(19)28(30)31)12-16(13-27-23)9-17-5-3-4-6-22(17)32-8-7-29/h3-6,10-15,26,29H,2,7-9H2,1H3. The smallest absolute Gasteiger partial charge is 0.277 e. The van der Waals surface area contributed by atoms with Crippen LogP contribution in [0.1, 0.15) is 18.1 Å².